The van der Waals surface area contributed by atoms with E-state index in [1.54, 1.807) is 30.5 Å². The van der Waals surface area contributed by atoms with Crippen LogP contribution in [0.4, 0.5) is 5.69 Å². The SMILES string of the molecule is COc1ccc(CN2C(=O)CN=C(c3cncnc3)c3cc(Cl)ccc32)cc1. The first-order valence-corrected chi connectivity index (χ1v) is 9.06. The lowest BCUT2D eigenvalue weighted by Gasteiger charge is -2.23. The maximum Gasteiger partial charge on any atom is 0.248 e. The van der Waals surface area contributed by atoms with Gasteiger partial charge in [0.05, 0.1) is 25.1 Å². The molecule has 6 nitrogen and oxygen atoms in total. The summed E-state index contributed by atoms with van der Waals surface area (Å²) >= 11 is 6.26. The van der Waals surface area contributed by atoms with Crippen molar-refractivity contribution in [3.8, 4) is 5.75 Å². The third-order valence-corrected chi connectivity index (χ3v) is 4.75. The molecule has 28 heavy (non-hydrogen) atoms. The molecule has 0 spiro atoms. The van der Waals surface area contributed by atoms with Crippen molar-refractivity contribution < 1.29 is 9.53 Å². The zero-order valence-electron chi connectivity index (χ0n) is 15.2. The molecule has 3 aromatic rings. The summed E-state index contributed by atoms with van der Waals surface area (Å²) in [6.07, 6.45) is 4.82. The smallest absolute Gasteiger partial charge is 0.248 e. The van der Waals surface area contributed by atoms with Gasteiger partial charge in [0.15, 0.2) is 0 Å². The van der Waals surface area contributed by atoms with E-state index in [1.165, 1.54) is 6.33 Å². The molecular formula is C21H17ClN4O2. The standard InChI is InChI=1S/C21H17ClN4O2/c1-28-17-5-2-14(3-6-17)12-26-19-7-4-16(22)8-18(19)21(25-11-20(26)27)15-9-23-13-24-10-15/h2-10,13H,11-12H2,1H3. The van der Waals surface area contributed by atoms with Gasteiger partial charge in [-0.25, -0.2) is 9.97 Å². The number of carbonyl (C=O) groups excluding carboxylic acids is 1. The predicted octanol–water partition coefficient (Wildman–Crippen LogP) is 3.52. The second-order valence-corrected chi connectivity index (χ2v) is 6.72. The first-order valence-electron chi connectivity index (χ1n) is 8.69. The molecule has 140 valence electrons. The van der Waals surface area contributed by atoms with Crippen molar-refractivity contribution in [2.75, 3.05) is 18.6 Å². The van der Waals surface area contributed by atoms with E-state index in [-0.39, 0.29) is 12.5 Å². The molecule has 1 aromatic heterocycles. The van der Waals surface area contributed by atoms with E-state index in [2.05, 4.69) is 15.0 Å². The summed E-state index contributed by atoms with van der Waals surface area (Å²) in [5.41, 5.74) is 3.92. The highest BCUT2D eigenvalue weighted by Crippen LogP contribution is 2.30. The molecule has 0 saturated carbocycles. The Kier molecular flexibility index (Phi) is 5.04. The van der Waals surface area contributed by atoms with Gasteiger partial charge in [0.1, 0.15) is 18.6 Å². The number of ether oxygens (including phenoxy) is 1. The van der Waals surface area contributed by atoms with Crippen LogP contribution in [0, 0.1) is 0 Å². The summed E-state index contributed by atoms with van der Waals surface area (Å²) in [5.74, 6) is 0.680. The first kappa shape index (κ1) is 18.1. The molecule has 0 aliphatic carbocycles. The molecule has 2 aromatic carbocycles. The van der Waals surface area contributed by atoms with Crippen LogP contribution in [0.3, 0.4) is 0 Å². The number of amides is 1. The number of carbonyl (C=O) groups is 1. The molecule has 0 atom stereocenters. The summed E-state index contributed by atoms with van der Waals surface area (Å²) in [6, 6.07) is 13.1. The highest BCUT2D eigenvalue weighted by Gasteiger charge is 2.25. The number of nitrogens with zero attached hydrogens (tertiary/aromatic N) is 4. The fourth-order valence-corrected chi connectivity index (χ4v) is 3.31. The molecule has 0 bridgehead atoms. The summed E-state index contributed by atoms with van der Waals surface area (Å²) in [5, 5.41) is 0.571. The first-order chi connectivity index (χ1) is 13.7. The Balaban J connectivity index is 1.77. The molecule has 1 aliphatic rings. The van der Waals surface area contributed by atoms with Crippen molar-refractivity contribution in [3.63, 3.8) is 0 Å². The summed E-state index contributed by atoms with van der Waals surface area (Å²) in [4.78, 5) is 27.3. The number of aromatic nitrogens is 2. The average Bonchev–Trinajstić information content (AvgIpc) is 2.86. The second-order valence-electron chi connectivity index (χ2n) is 6.28. The number of benzodiazepines with no additional fused rings is 1. The molecule has 0 fully saturated rings. The van der Waals surface area contributed by atoms with Gasteiger partial charge in [0.2, 0.25) is 5.91 Å². The third-order valence-electron chi connectivity index (χ3n) is 4.51. The number of rotatable bonds is 4. The second kappa shape index (κ2) is 7.78. The Bertz CT molecular complexity index is 1040. The lowest BCUT2D eigenvalue weighted by Crippen LogP contribution is -2.31. The Morgan fingerprint density at radius 2 is 1.86 bits per heavy atom. The van der Waals surface area contributed by atoms with Crippen molar-refractivity contribution in [2.24, 2.45) is 4.99 Å². The summed E-state index contributed by atoms with van der Waals surface area (Å²) in [6.45, 7) is 0.457. The van der Waals surface area contributed by atoms with Crippen LogP contribution < -0.4 is 9.64 Å². The highest BCUT2D eigenvalue weighted by molar-refractivity contribution is 6.32. The number of methoxy groups -OCH3 is 1. The zero-order valence-corrected chi connectivity index (χ0v) is 15.9. The average molecular weight is 393 g/mol. The third kappa shape index (κ3) is 3.59. The molecule has 7 heteroatoms. The zero-order chi connectivity index (χ0) is 19.5. The lowest BCUT2D eigenvalue weighted by molar-refractivity contribution is -0.117. The van der Waals surface area contributed by atoms with Crippen LogP contribution in [0.2, 0.25) is 5.02 Å². The Hall–Kier alpha value is -3.25. The largest absolute Gasteiger partial charge is 0.497 e. The van der Waals surface area contributed by atoms with Gasteiger partial charge >= 0.3 is 0 Å². The number of hydrogen-bond donors (Lipinski definition) is 0. The Labute approximate surface area is 167 Å². The van der Waals surface area contributed by atoms with Crippen molar-refractivity contribution in [2.45, 2.75) is 6.54 Å². The molecule has 0 saturated heterocycles. The van der Waals surface area contributed by atoms with E-state index in [9.17, 15) is 4.79 Å². The Morgan fingerprint density at radius 1 is 1.11 bits per heavy atom. The molecule has 0 N–H and O–H groups in total. The Morgan fingerprint density at radius 3 is 2.57 bits per heavy atom. The molecular weight excluding hydrogens is 376 g/mol. The summed E-state index contributed by atoms with van der Waals surface area (Å²) < 4.78 is 5.21. The number of fused-ring (bicyclic) bond motifs is 1. The maximum absolute atomic E-state index is 12.9. The van der Waals surface area contributed by atoms with Gasteiger partial charge in [-0.05, 0) is 35.9 Å². The molecule has 1 amide bonds. The van der Waals surface area contributed by atoms with Crippen molar-refractivity contribution in [1.82, 2.24) is 9.97 Å². The monoisotopic (exact) mass is 392 g/mol. The van der Waals surface area contributed by atoms with E-state index in [4.69, 9.17) is 16.3 Å². The van der Waals surface area contributed by atoms with Crippen LogP contribution in [0.1, 0.15) is 16.7 Å². The number of aliphatic imine (C=N–C) groups is 1. The van der Waals surface area contributed by atoms with Crippen LogP contribution in [-0.2, 0) is 11.3 Å². The quantitative estimate of drug-likeness (QED) is 0.681. The molecule has 1 aliphatic heterocycles. The summed E-state index contributed by atoms with van der Waals surface area (Å²) in [7, 11) is 1.62. The highest BCUT2D eigenvalue weighted by atomic mass is 35.5. The number of halogens is 1. The van der Waals surface area contributed by atoms with Crippen LogP contribution >= 0.6 is 11.6 Å². The fraction of sp³-hybridized carbons (Fsp3) is 0.143. The van der Waals surface area contributed by atoms with Gasteiger partial charge in [-0.1, -0.05) is 23.7 Å². The van der Waals surface area contributed by atoms with Crippen LogP contribution in [0.5, 0.6) is 5.75 Å². The molecule has 0 unspecified atom stereocenters. The van der Waals surface area contributed by atoms with Gasteiger partial charge in [0, 0.05) is 28.5 Å². The van der Waals surface area contributed by atoms with Crippen LogP contribution in [0.25, 0.3) is 0 Å². The minimum absolute atomic E-state index is 0.0344. The van der Waals surface area contributed by atoms with Crippen molar-refractivity contribution in [3.05, 3.63) is 82.9 Å². The van der Waals surface area contributed by atoms with Crippen molar-refractivity contribution >= 4 is 28.9 Å². The van der Waals surface area contributed by atoms with Crippen molar-refractivity contribution in [1.29, 1.82) is 0 Å². The van der Waals surface area contributed by atoms with Crippen LogP contribution in [-0.4, -0.2) is 35.2 Å². The normalized spacial score (nSPS) is 13.6. The van der Waals surface area contributed by atoms with Gasteiger partial charge in [0.25, 0.3) is 0 Å². The predicted molar refractivity (Wildman–Crippen MR) is 108 cm³/mol. The van der Waals surface area contributed by atoms with Crippen LogP contribution in [0.15, 0.2) is 66.2 Å². The number of hydrogen-bond acceptors (Lipinski definition) is 5. The molecule has 0 radical (unpaired) electrons. The topological polar surface area (TPSA) is 67.7 Å². The van der Waals surface area contributed by atoms with E-state index < -0.39 is 0 Å². The van der Waals surface area contributed by atoms with Gasteiger partial charge < -0.3 is 9.64 Å². The minimum atomic E-state index is -0.0914. The molecule has 4 rings (SSSR count). The number of benzene rings is 2. The maximum atomic E-state index is 12.9. The van der Waals surface area contributed by atoms with Gasteiger partial charge in [-0.15, -0.1) is 0 Å². The van der Waals surface area contributed by atoms with E-state index in [0.717, 1.165) is 28.1 Å². The van der Waals surface area contributed by atoms with Gasteiger partial charge in [-0.2, -0.15) is 0 Å². The number of anilines is 1. The lowest BCUT2D eigenvalue weighted by atomic mass is 10.0. The fourth-order valence-electron chi connectivity index (χ4n) is 3.14. The van der Waals surface area contributed by atoms with E-state index in [0.29, 0.717) is 17.3 Å². The minimum Gasteiger partial charge on any atom is -0.497 e. The van der Waals surface area contributed by atoms with Gasteiger partial charge in [-0.3, -0.25) is 9.79 Å². The molecule has 2 heterocycles. The van der Waals surface area contributed by atoms with E-state index >= 15 is 0 Å². The van der Waals surface area contributed by atoms with E-state index in [1.807, 2.05) is 36.4 Å².